The average Bonchev–Trinajstić information content (AvgIpc) is 3.35. The molecule has 0 bridgehead atoms. The zero-order valence-electron chi connectivity index (χ0n) is 20.1. The number of hydrogen-bond donors (Lipinski definition) is 2. The molecule has 1 unspecified atom stereocenters. The van der Waals surface area contributed by atoms with Gasteiger partial charge in [-0.2, -0.15) is 0 Å². The number of piperidine rings is 1. The lowest BCUT2D eigenvalue weighted by atomic mass is 10.1. The summed E-state index contributed by atoms with van der Waals surface area (Å²) in [5.41, 5.74) is 3.02. The SMILES string of the molecule is CN=C(NCc1ccc(C(=O)N2CCCCC2)cc1)NC1CCN(c2ccccc2OC)C1.I. The van der Waals surface area contributed by atoms with Crippen molar-refractivity contribution in [3.63, 3.8) is 0 Å². The molecule has 1 amide bonds. The number of guanidine groups is 1. The lowest BCUT2D eigenvalue weighted by molar-refractivity contribution is 0.0724. The van der Waals surface area contributed by atoms with Crippen LogP contribution < -0.4 is 20.3 Å². The van der Waals surface area contributed by atoms with Gasteiger partial charge in [0.1, 0.15) is 5.75 Å². The number of ether oxygens (including phenoxy) is 1. The number of hydrogen-bond acceptors (Lipinski definition) is 4. The Morgan fingerprint density at radius 3 is 2.50 bits per heavy atom. The molecule has 2 aliphatic rings. The zero-order chi connectivity index (χ0) is 23.0. The minimum absolute atomic E-state index is 0. The fourth-order valence-electron chi connectivity index (χ4n) is 4.61. The molecule has 1 atom stereocenters. The van der Waals surface area contributed by atoms with Crippen molar-refractivity contribution in [3.05, 3.63) is 59.7 Å². The summed E-state index contributed by atoms with van der Waals surface area (Å²) in [6, 6.07) is 16.4. The van der Waals surface area contributed by atoms with Crippen LogP contribution >= 0.6 is 24.0 Å². The van der Waals surface area contributed by atoms with Crippen LogP contribution in [-0.4, -0.2) is 63.1 Å². The van der Waals surface area contributed by atoms with E-state index in [1.807, 2.05) is 47.4 Å². The molecule has 0 radical (unpaired) electrons. The van der Waals surface area contributed by atoms with Crippen molar-refractivity contribution in [2.45, 2.75) is 38.3 Å². The number of likely N-dealkylation sites (tertiary alicyclic amines) is 1. The van der Waals surface area contributed by atoms with E-state index in [0.717, 1.165) is 74.0 Å². The summed E-state index contributed by atoms with van der Waals surface area (Å²) in [4.78, 5) is 21.4. The summed E-state index contributed by atoms with van der Waals surface area (Å²) >= 11 is 0. The molecule has 8 heteroatoms. The van der Waals surface area contributed by atoms with Crippen LogP contribution in [0, 0.1) is 0 Å². The summed E-state index contributed by atoms with van der Waals surface area (Å²) in [5.74, 6) is 1.84. The number of para-hydroxylation sites is 2. The second kappa shape index (κ2) is 12.8. The molecule has 0 aliphatic carbocycles. The minimum atomic E-state index is 0. The monoisotopic (exact) mass is 577 g/mol. The summed E-state index contributed by atoms with van der Waals surface area (Å²) in [7, 11) is 3.51. The Hall–Kier alpha value is -2.49. The first-order valence-corrected chi connectivity index (χ1v) is 11.9. The number of methoxy groups -OCH3 is 1. The number of nitrogens with zero attached hydrogens (tertiary/aromatic N) is 3. The predicted molar refractivity (Wildman–Crippen MR) is 149 cm³/mol. The number of halogens is 1. The standard InChI is InChI=1S/C26H35N5O2.HI/c1-27-26(29-22-14-17-31(19-22)23-8-4-5-9-24(23)33-2)28-18-20-10-12-21(13-11-20)25(32)30-15-6-3-7-16-30;/h4-5,8-13,22H,3,6-7,14-19H2,1-2H3,(H2,27,28,29);1H. The van der Waals surface area contributed by atoms with Crippen molar-refractivity contribution >= 4 is 41.5 Å². The number of aliphatic imine (C=N–C) groups is 1. The lowest BCUT2D eigenvalue weighted by Crippen LogP contribution is -2.44. The average molecular weight is 578 g/mol. The number of nitrogens with one attached hydrogen (secondary N) is 2. The van der Waals surface area contributed by atoms with E-state index in [-0.39, 0.29) is 29.9 Å². The van der Waals surface area contributed by atoms with Crippen molar-refractivity contribution in [1.82, 2.24) is 15.5 Å². The fourth-order valence-corrected chi connectivity index (χ4v) is 4.61. The number of benzene rings is 2. The summed E-state index contributed by atoms with van der Waals surface area (Å²) in [6.45, 7) is 4.27. The Kier molecular flexibility index (Phi) is 9.86. The van der Waals surface area contributed by atoms with E-state index < -0.39 is 0 Å². The van der Waals surface area contributed by atoms with Crippen LogP contribution in [-0.2, 0) is 6.54 Å². The highest BCUT2D eigenvalue weighted by atomic mass is 127. The van der Waals surface area contributed by atoms with Crippen LogP contribution in [0.1, 0.15) is 41.6 Å². The van der Waals surface area contributed by atoms with Gasteiger partial charge in [-0.1, -0.05) is 24.3 Å². The first-order valence-electron chi connectivity index (χ1n) is 11.9. The predicted octanol–water partition coefficient (Wildman–Crippen LogP) is 3.88. The van der Waals surface area contributed by atoms with Gasteiger partial charge in [-0.15, -0.1) is 24.0 Å². The summed E-state index contributed by atoms with van der Waals surface area (Å²) in [6.07, 6.45) is 4.48. The second-order valence-electron chi connectivity index (χ2n) is 8.72. The topological polar surface area (TPSA) is 69.2 Å². The second-order valence-corrected chi connectivity index (χ2v) is 8.72. The van der Waals surface area contributed by atoms with Crippen molar-refractivity contribution in [2.75, 3.05) is 45.2 Å². The van der Waals surface area contributed by atoms with Crippen LogP contribution in [0.25, 0.3) is 0 Å². The summed E-state index contributed by atoms with van der Waals surface area (Å²) < 4.78 is 5.52. The van der Waals surface area contributed by atoms with E-state index >= 15 is 0 Å². The molecule has 0 aromatic heterocycles. The van der Waals surface area contributed by atoms with Crippen molar-refractivity contribution in [3.8, 4) is 5.75 Å². The molecule has 184 valence electrons. The first kappa shape index (κ1) is 26.1. The molecule has 2 heterocycles. The van der Waals surface area contributed by atoms with E-state index in [1.165, 1.54) is 6.42 Å². The molecule has 2 aliphatic heterocycles. The molecule has 2 saturated heterocycles. The van der Waals surface area contributed by atoms with Crippen LogP contribution in [0.2, 0.25) is 0 Å². The molecule has 34 heavy (non-hydrogen) atoms. The maximum Gasteiger partial charge on any atom is 0.253 e. The van der Waals surface area contributed by atoms with E-state index in [0.29, 0.717) is 12.6 Å². The van der Waals surface area contributed by atoms with Crippen molar-refractivity contribution in [1.29, 1.82) is 0 Å². The maximum atomic E-state index is 12.7. The molecule has 4 rings (SSSR count). The lowest BCUT2D eigenvalue weighted by Gasteiger charge is -2.26. The molecule has 0 saturated carbocycles. The molecule has 2 fully saturated rings. The largest absolute Gasteiger partial charge is 0.495 e. The maximum absolute atomic E-state index is 12.7. The fraction of sp³-hybridized carbons (Fsp3) is 0.462. The van der Waals surface area contributed by atoms with E-state index in [9.17, 15) is 4.79 Å². The third kappa shape index (κ3) is 6.55. The van der Waals surface area contributed by atoms with Gasteiger partial charge in [0.25, 0.3) is 5.91 Å². The van der Waals surface area contributed by atoms with Gasteiger partial charge in [-0.25, -0.2) is 0 Å². The van der Waals surface area contributed by atoms with Crippen LogP contribution in [0.15, 0.2) is 53.5 Å². The van der Waals surface area contributed by atoms with Crippen LogP contribution in [0.5, 0.6) is 5.75 Å². The number of carbonyl (C=O) groups excluding carboxylic acids is 1. The van der Waals surface area contributed by atoms with E-state index in [1.54, 1.807) is 14.2 Å². The molecule has 0 spiro atoms. The Morgan fingerprint density at radius 2 is 1.79 bits per heavy atom. The van der Waals surface area contributed by atoms with Gasteiger partial charge in [0.05, 0.1) is 12.8 Å². The molecule has 2 N–H and O–H groups in total. The van der Waals surface area contributed by atoms with E-state index in [2.05, 4.69) is 26.6 Å². The first-order chi connectivity index (χ1) is 16.2. The third-order valence-corrected chi connectivity index (χ3v) is 6.48. The van der Waals surface area contributed by atoms with Gasteiger partial charge >= 0.3 is 0 Å². The quantitative estimate of drug-likeness (QED) is 0.310. The highest BCUT2D eigenvalue weighted by Gasteiger charge is 2.25. The van der Waals surface area contributed by atoms with Gasteiger partial charge in [-0.3, -0.25) is 9.79 Å². The zero-order valence-corrected chi connectivity index (χ0v) is 22.5. The van der Waals surface area contributed by atoms with Gasteiger partial charge in [0.15, 0.2) is 5.96 Å². The summed E-state index contributed by atoms with van der Waals surface area (Å²) in [5, 5.41) is 6.94. The Balaban J connectivity index is 0.00000324. The third-order valence-electron chi connectivity index (χ3n) is 6.48. The van der Waals surface area contributed by atoms with Crippen molar-refractivity contribution < 1.29 is 9.53 Å². The van der Waals surface area contributed by atoms with Crippen LogP contribution in [0.4, 0.5) is 5.69 Å². The van der Waals surface area contributed by atoms with Gasteiger partial charge < -0.3 is 25.2 Å². The highest BCUT2D eigenvalue weighted by molar-refractivity contribution is 14.0. The molecule has 2 aromatic carbocycles. The van der Waals surface area contributed by atoms with Gasteiger partial charge in [0.2, 0.25) is 0 Å². The Bertz CT molecular complexity index is 960. The molecule has 7 nitrogen and oxygen atoms in total. The van der Waals surface area contributed by atoms with Gasteiger partial charge in [0, 0.05) is 51.4 Å². The normalized spacial score (nSPS) is 18.3. The van der Waals surface area contributed by atoms with Gasteiger partial charge in [-0.05, 0) is 55.5 Å². The van der Waals surface area contributed by atoms with E-state index in [4.69, 9.17) is 4.74 Å². The minimum Gasteiger partial charge on any atom is -0.495 e. The highest BCUT2D eigenvalue weighted by Crippen LogP contribution is 2.30. The number of amides is 1. The Labute approximate surface area is 220 Å². The molecular weight excluding hydrogens is 541 g/mol. The Morgan fingerprint density at radius 1 is 1.06 bits per heavy atom. The number of rotatable bonds is 6. The molecule has 2 aromatic rings. The van der Waals surface area contributed by atoms with Crippen LogP contribution in [0.3, 0.4) is 0 Å². The number of carbonyl (C=O) groups is 1. The van der Waals surface area contributed by atoms with Crippen molar-refractivity contribution in [2.24, 2.45) is 4.99 Å². The smallest absolute Gasteiger partial charge is 0.253 e. The molecular formula is C26H36IN5O2. The number of anilines is 1.